The van der Waals surface area contributed by atoms with E-state index < -0.39 is 9.84 Å². The maximum atomic E-state index is 12.2. The number of aryl methyl sites for hydroxylation is 1. The van der Waals surface area contributed by atoms with E-state index >= 15 is 0 Å². The van der Waals surface area contributed by atoms with Crippen molar-refractivity contribution in [3.8, 4) is 0 Å². The van der Waals surface area contributed by atoms with Crippen molar-refractivity contribution in [3.63, 3.8) is 0 Å². The topological polar surface area (TPSA) is 119 Å². The average molecular weight is 473 g/mol. The number of piperidine rings is 1. The molecule has 1 fully saturated rings. The van der Waals surface area contributed by atoms with Gasteiger partial charge in [0, 0.05) is 31.5 Å². The molecule has 4 rings (SSSR count). The first-order valence-corrected chi connectivity index (χ1v) is 12.8. The second-order valence-electron chi connectivity index (χ2n) is 8.55. The van der Waals surface area contributed by atoms with Crippen molar-refractivity contribution in [3.05, 3.63) is 42.0 Å². The van der Waals surface area contributed by atoms with Crippen molar-refractivity contribution in [1.82, 2.24) is 24.5 Å². The van der Waals surface area contributed by atoms with E-state index in [1.54, 1.807) is 17.9 Å². The van der Waals surface area contributed by atoms with E-state index in [0.717, 1.165) is 30.6 Å². The molecule has 0 spiro atoms. The smallest absolute Gasteiger partial charge is 0.410 e. The van der Waals surface area contributed by atoms with Gasteiger partial charge in [-0.15, -0.1) is 10.2 Å². The molecule has 10 nitrogen and oxygen atoms in total. The quantitative estimate of drug-likeness (QED) is 0.601. The summed E-state index contributed by atoms with van der Waals surface area (Å²) in [6.07, 6.45) is 4.21. The summed E-state index contributed by atoms with van der Waals surface area (Å²) in [5.41, 5.74) is 2.67. The minimum atomic E-state index is -3.37. The van der Waals surface area contributed by atoms with Crippen molar-refractivity contribution >= 4 is 33.0 Å². The van der Waals surface area contributed by atoms with Crippen molar-refractivity contribution < 1.29 is 17.9 Å². The van der Waals surface area contributed by atoms with Gasteiger partial charge in [-0.25, -0.2) is 18.2 Å². The molecule has 0 bridgehead atoms. The highest BCUT2D eigenvalue weighted by atomic mass is 32.2. The highest BCUT2D eigenvalue weighted by molar-refractivity contribution is 7.90. The predicted octanol–water partition coefficient (Wildman–Crippen LogP) is 3.30. The SMILES string of the molecule is Cc1nc(S(C)(=O)=O)ccc1Nc1cccn2c(C3CCN(C(=O)OC(C)C)CC3)nnc12. The maximum Gasteiger partial charge on any atom is 0.410 e. The number of pyridine rings is 2. The van der Waals surface area contributed by atoms with Gasteiger partial charge in [-0.2, -0.15) is 0 Å². The van der Waals surface area contributed by atoms with Crippen molar-refractivity contribution in [2.75, 3.05) is 24.7 Å². The summed E-state index contributed by atoms with van der Waals surface area (Å²) in [7, 11) is -3.37. The number of hydrogen-bond acceptors (Lipinski definition) is 8. The summed E-state index contributed by atoms with van der Waals surface area (Å²) in [6, 6.07) is 6.98. The number of carbonyl (C=O) groups excluding carboxylic acids is 1. The zero-order chi connectivity index (χ0) is 23.8. The zero-order valence-electron chi connectivity index (χ0n) is 19.1. The summed E-state index contributed by atoms with van der Waals surface area (Å²) in [6.45, 7) is 6.66. The van der Waals surface area contributed by atoms with Crippen LogP contribution in [-0.2, 0) is 14.6 Å². The van der Waals surface area contributed by atoms with Crippen LogP contribution in [0.25, 0.3) is 5.65 Å². The lowest BCUT2D eigenvalue weighted by Gasteiger charge is -2.31. The van der Waals surface area contributed by atoms with E-state index in [-0.39, 0.29) is 23.1 Å². The first-order chi connectivity index (χ1) is 15.6. The predicted molar refractivity (Wildman–Crippen MR) is 124 cm³/mol. The molecule has 1 amide bonds. The Morgan fingerprint density at radius 3 is 2.52 bits per heavy atom. The fraction of sp³-hybridized carbons (Fsp3) is 0.455. The number of ether oxygens (including phenoxy) is 1. The number of aromatic nitrogens is 4. The van der Waals surface area contributed by atoms with E-state index in [1.165, 1.54) is 6.07 Å². The molecule has 1 aliphatic rings. The number of fused-ring (bicyclic) bond motifs is 1. The lowest BCUT2D eigenvalue weighted by atomic mass is 9.96. The molecule has 0 aromatic carbocycles. The molecule has 1 saturated heterocycles. The number of nitrogens with zero attached hydrogens (tertiary/aromatic N) is 5. The summed E-state index contributed by atoms with van der Waals surface area (Å²) in [5.74, 6) is 1.03. The van der Waals surface area contributed by atoms with E-state index in [0.29, 0.717) is 30.1 Å². The van der Waals surface area contributed by atoms with E-state index in [2.05, 4.69) is 20.5 Å². The van der Waals surface area contributed by atoms with Gasteiger partial charge in [-0.3, -0.25) is 4.40 Å². The third-order valence-electron chi connectivity index (χ3n) is 5.63. The van der Waals surface area contributed by atoms with Gasteiger partial charge in [-0.05, 0) is 57.9 Å². The average Bonchev–Trinajstić information content (AvgIpc) is 3.19. The number of sulfone groups is 1. The van der Waals surface area contributed by atoms with Gasteiger partial charge in [0.05, 0.1) is 23.2 Å². The van der Waals surface area contributed by atoms with Gasteiger partial charge in [-0.1, -0.05) is 0 Å². The standard InChI is InChI=1S/C22H28N6O4S/c1-14(2)32-22(29)27-12-9-16(10-13-27)20-25-26-21-18(6-5-11-28(20)21)24-17-7-8-19(23-15(17)3)33(4,30)31/h5-8,11,14,16,24H,9-10,12-13H2,1-4H3. The van der Waals surface area contributed by atoms with E-state index in [1.807, 2.05) is 36.6 Å². The monoisotopic (exact) mass is 472 g/mol. The Labute approximate surface area is 192 Å². The number of nitrogens with one attached hydrogen (secondary N) is 1. The first kappa shape index (κ1) is 23.0. The molecule has 3 aromatic rings. The zero-order valence-corrected chi connectivity index (χ0v) is 20.0. The number of hydrogen-bond donors (Lipinski definition) is 1. The number of likely N-dealkylation sites (tertiary alicyclic amines) is 1. The van der Waals surface area contributed by atoms with Gasteiger partial charge in [0.2, 0.25) is 0 Å². The highest BCUT2D eigenvalue weighted by Gasteiger charge is 2.28. The minimum Gasteiger partial charge on any atom is -0.447 e. The maximum absolute atomic E-state index is 12.2. The molecule has 1 N–H and O–H groups in total. The van der Waals surface area contributed by atoms with Crippen LogP contribution >= 0.6 is 0 Å². The second-order valence-corrected chi connectivity index (χ2v) is 10.5. The van der Waals surface area contributed by atoms with Crippen molar-refractivity contribution in [2.45, 2.75) is 50.7 Å². The van der Waals surface area contributed by atoms with Gasteiger partial charge in [0.1, 0.15) is 5.82 Å². The molecule has 33 heavy (non-hydrogen) atoms. The van der Waals surface area contributed by atoms with Crippen LogP contribution in [0.1, 0.15) is 44.1 Å². The summed E-state index contributed by atoms with van der Waals surface area (Å²) in [4.78, 5) is 18.1. The van der Waals surface area contributed by atoms with Crippen LogP contribution in [0.5, 0.6) is 0 Å². The van der Waals surface area contributed by atoms with Crippen LogP contribution in [0.2, 0.25) is 0 Å². The lowest BCUT2D eigenvalue weighted by molar-refractivity contribution is 0.0688. The Morgan fingerprint density at radius 1 is 1.15 bits per heavy atom. The molecule has 0 unspecified atom stereocenters. The number of carbonyl (C=O) groups is 1. The molecule has 1 aliphatic heterocycles. The minimum absolute atomic E-state index is 0.0390. The van der Waals surface area contributed by atoms with E-state index in [4.69, 9.17) is 4.74 Å². The second kappa shape index (κ2) is 8.97. The van der Waals surface area contributed by atoms with Crippen LogP contribution in [0.15, 0.2) is 35.5 Å². The molecule has 0 atom stereocenters. The van der Waals surface area contributed by atoms with Gasteiger partial charge < -0.3 is 15.0 Å². The Morgan fingerprint density at radius 2 is 1.88 bits per heavy atom. The van der Waals surface area contributed by atoms with E-state index in [9.17, 15) is 13.2 Å². The van der Waals surface area contributed by atoms with Crippen molar-refractivity contribution in [2.24, 2.45) is 0 Å². The van der Waals surface area contributed by atoms with Crippen LogP contribution in [0.3, 0.4) is 0 Å². The van der Waals surface area contributed by atoms with Gasteiger partial charge >= 0.3 is 6.09 Å². The Kier molecular flexibility index (Phi) is 6.24. The van der Waals surface area contributed by atoms with Crippen LogP contribution in [0, 0.1) is 6.92 Å². The normalized spacial score (nSPS) is 15.2. The van der Waals surface area contributed by atoms with Crippen LogP contribution in [-0.4, -0.2) is 64.4 Å². The van der Waals surface area contributed by atoms with Gasteiger partial charge in [0.25, 0.3) is 0 Å². The molecular weight excluding hydrogens is 444 g/mol. The fourth-order valence-electron chi connectivity index (χ4n) is 3.93. The Bertz CT molecular complexity index is 1280. The van der Waals surface area contributed by atoms with Crippen LogP contribution in [0.4, 0.5) is 16.2 Å². The largest absolute Gasteiger partial charge is 0.447 e. The molecule has 176 valence electrons. The third kappa shape index (κ3) is 4.92. The third-order valence-corrected chi connectivity index (χ3v) is 6.61. The number of anilines is 2. The number of rotatable bonds is 5. The Hall–Kier alpha value is -3.21. The van der Waals surface area contributed by atoms with Crippen LogP contribution < -0.4 is 5.32 Å². The summed E-state index contributed by atoms with van der Waals surface area (Å²) in [5, 5.41) is 12.2. The molecule has 0 saturated carbocycles. The summed E-state index contributed by atoms with van der Waals surface area (Å²) >= 11 is 0. The molecular formula is C22H28N6O4S. The highest BCUT2D eigenvalue weighted by Crippen LogP contribution is 2.30. The first-order valence-electron chi connectivity index (χ1n) is 10.9. The molecule has 0 radical (unpaired) electrons. The fourth-order valence-corrected chi connectivity index (χ4v) is 4.55. The number of amides is 1. The summed E-state index contributed by atoms with van der Waals surface area (Å²) < 4.78 is 30.8. The lowest BCUT2D eigenvalue weighted by Crippen LogP contribution is -2.39. The molecule has 4 heterocycles. The molecule has 0 aliphatic carbocycles. The Balaban J connectivity index is 1.53. The van der Waals surface area contributed by atoms with Crippen molar-refractivity contribution in [1.29, 1.82) is 0 Å². The molecule has 3 aromatic heterocycles. The van der Waals surface area contributed by atoms with Gasteiger partial charge in [0.15, 0.2) is 20.5 Å². The molecule has 11 heteroatoms.